The number of rotatable bonds is 3. The molecule has 2 atom stereocenters. The topological polar surface area (TPSA) is 55.5 Å². The van der Waals surface area contributed by atoms with Crippen LogP contribution in [0.15, 0.2) is 48.5 Å². The molecule has 3 rings (SSSR count). The molecule has 0 amide bonds. The quantitative estimate of drug-likeness (QED) is 0.897. The molecule has 3 nitrogen and oxygen atoms in total. The van der Waals surface area contributed by atoms with Gasteiger partial charge in [0.1, 0.15) is 11.9 Å². The molecule has 2 unspecified atom stereocenters. The summed E-state index contributed by atoms with van der Waals surface area (Å²) in [5, 5.41) is 10.5. The van der Waals surface area contributed by atoms with Crippen molar-refractivity contribution in [1.82, 2.24) is 0 Å². The van der Waals surface area contributed by atoms with E-state index in [0.29, 0.717) is 6.42 Å². The predicted molar refractivity (Wildman–Crippen MR) is 78.7 cm³/mol. The van der Waals surface area contributed by atoms with Crippen molar-refractivity contribution >= 4 is 0 Å². The molecule has 2 aromatic rings. The number of hydrogen-bond donors (Lipinski definition) is 2. The first-order chi connectivity index (χ1) is 9.67. The van der Waals surface area contributed by atoms with Gasteiger partial charge in [-0.05, 0) is 24.1 Å². The summed E-state index contributed by atoms with van der Waals surface area (Å²) in [4.78, 5) is 0. The van der Waals surface area contributed by atoms with E-state index in [2.05, 4.69) is 0 Å². The molecule has 104 valence electrons. The van der Waals surface area contributed by atoms with E-state index in [1.54, 1.807) is 0 Å². The van der Waals surface area contributed by atoms with Crippen LogP contribution in [0.4, 0.5) is 0 Å². The van der Waals surface area contributed by atoms with E-state index in [-0.39, 0.29) is 6.54 Å². The number of aryl methyl sites for hydroxylation is 1. The van der Waals surface area contributed by atoms with Crippen LogP contribution in [0.2, 0.25) is 0 Å². The van der Waals surface area contributed by atoms with Gasteiger partial charge in [-0.1, -0.05) is 42.5 Å². The Morgan fingerprint density at radius 3 is 2.65 bits per heavy atom. The SMILES string of the molecule is Cc1ccccc1OC1(CN)c2ccccc2CC1O. The van der Waals surface area contributed by atoms with E-state index in [0.717, 1.165) is 22.4 Å². The normalized spacial score (nSPS) is 24.4. The summed E-state index contributed by atoms with van der Waals surface area (Å²) >= 11 is 0. The van der Waals surface area contributed by atoms with E-state index in [1.165, 1.54) is 0 Å². The molecule has 3 N–H and O–H groups in total. The number of ether oxygens (including phenoxy) is 1. The van der Waals surface area contributed by atoms with Crippen LogP contribution in [0.5, 0.6) is 5.75 Å². The lowest BCUT2D eigenvalue weighted by Gasteiger charge is -2.34. The van der Waals surface area contributed by atoms with Gasteiger partial charge in [0.25, 0.3) is 0 Å². The molecular weight excluding hydrogens is 250 g/mol. The Balaban J connectivity index is 2.06. The first kappa shape index (κ1) is 13.2. The average Bonchev–Trinajstić information content (AvgIpc) is 2.74. The summed E-state index contributed by atoms with van der Waals surface area (Å²) < 4.78 is 6.21. The fourth-order valence-corrected chi connectivity index (χ4v) is 2.94. The largest absolute Gasteiger partial charge is 0.478 e. The van der Waals surface area contributed by atoms with Crippen LogP contribution in [0.25, 0.3) is 0 Å². The Morgan fingerprint density at radius 1 is 1.20 bits per heavy atom. The molecule has 0 spiro atoms. The number of para-hydroxylation sites is 1. The summed E-state index contributed by atoms with van der Waals surface area (Å²) in [6.45, 7) is 2.24. The van der Waals surface area contributed by atoms with Crippen LogP contribution in [-0.2, 0) is 12.0 Å². The van der Waals surface area contributed by atoms with E-state index < -0.39 is 11.7 Å². The van der Waals surface area contributed by atoms with Crippen molar-refractivity contribution in [2.24, 2.45) is 5.73 Å². The Morgan fingerprint density at radius 2 is 1.90 bits per heavy atom. The smallest absolute Gasteiger partial charge is 0.172 e. The number of hydrogen-bond acceptors (Lipinski definition) is 3. The maximum absolute atomic E-state index is 10.5. The zero-order valence-corrected chi connectivity index (χ0v) is 11.5. The fraction of sp³-hybridized carbons (Fsp3) is 0.294. The second-order valence-electron chi connectivity index (χ2n) is 5.34. The highest BCUT2D eigenvalue weighted by molar-refractivity contribution is 5.42. The Labute approximate surface area is 119 Å². The van der Waals surface area contributed by atoms with Gasteiger partial charge in [0.15, 0.2) is 5.60 Å². The van der Waals surface area contributed by atoms with Crippen LogP contribution in [0.1, 0.15) is 16.7 Å². The molecule has 0 saturated heterocycles. The Kier molecular flexibility index (Phi) is 3.24. The molecule has 0 fully saturated rings. The van der Waals surface area contributed by atoms with E-state index in [9.17, 15) is 5.11 Å². The van der Waals surface area contributed by atoms with E-state index in [1.807, 2.05) is 55.5 Å². The van der Waals surface area contributed by atoms with Gasteiger partial charge in [-0.2, -0.15) is 0 Å². The number of aliphatic hydroxyl groups excluding tert-OH is 1. The maximum Gasteiger partial charge on any atom is 0.172 e. The van der Waals surface area contributed by atoms with Crippen molar-refractivity contribution < 1.29 is 9.84 Å². The standard InChI is InChI=1S/C17H19NO2/c1-12-6-2-5-9-15(12)20-17(11-18)14-8-4-3-7-13(14)10-16(17)19/h2-9,16,19H,10-11,18H2,1H3. The van der Waals surface area contributed by atoms with Gasteiger partial charge in [0.2, 0.25) is 0 Å². The van der Waals surface area contributed by atoms with Crippen molar-refractivity contribution in [3.05, 3.63) is 65.2 Å². The van der Waals surface area contributed by atoms with Gasteiger partial charge in [-0.25, -0.2) is 0 Å². The fourth-order valence-electron chi connectivity index (χ4n) is 2.94. The minimum Gasteiger partial charge on any atom is -0.478 e. The summed E-state index contributed by atoms with van der Waals surface area (Å²) in [5.41, 5.74) is 8.29. The minimum absolute atomic E-state index is 0.250. The van der Waals surface area contributed by atoms with Crippen LogP contribution < -0.4 is 10.5 Å². The summed E-state index contributed by atoms with van der Waals surface area (Å²) in [5.74, 6) is 0.772. The summed E-state index contributed by atoms with van der Waals surface area (Å²) in [7, 11) is 0. The van der Waals surface area contributed by atoms with Crippen molar-refractivity contribution in [3.63, 3.8) is 0 Å². The highest BCUT2D eigenvalue weighted by Crippen LogP contribution is 2.40. The molecule has 1 aliphatic rings. The molecule has 20 heavy (non-hydrogen) atoms. The highest BCUT2D eigenvalue weighted by Gasteiger charge is 2.47. The molecule has 3 heteroatoms. The van der Waals surface area contributed by atoms with Gasteiger partial charge in [-0.15, -0.1) is 0 Å². The Bertz CT molecular complexity index is 626. The van der Waals surface area contributed by atoms with Gasteiger partial charge < -0.3 is 15.6 Å². The zero-order chi connectivity index (χ0) is 14.2. The molecule has 2 aromatic carbocycles. The lowest BCUT2D eigenvalue weighted by molar-refractivity contribution is -0.0398. The van der Waals surface area contributed by atoms with E-state index >= 15 is 0 Å². The second kappa shape index (κ2) is 4.93. The molecule has 0 aromatic heterocycles. The number of nitrogens with two attached hydrogens (primary N) is 1. The van der Waals surface area contributed by atoms with Crippen molar-refractivity contribution in [2.45, 2.75) is 25.0 Å². The zero-order valence-electron chi connectivity index (χ0n) is 11.5. The van der Waals surface area contributed by atoms with Gasteiger partial charge in [0, 0.05) is 18.5 Å². The summed E-state index contributed by atoms with van der Waals surface area (Å²) in [6, 6.07) is 15.8. The highest BCUT2D eigenvalue weighted by atomic mass is 16.5. The molecule has 0 radical (unpaired) electrons. The lowest BCUT2D eigenvalue weighted by Crippen LogP contribution is -2.48. The molecule has 0 aliphatic heterocycles. The third-order valence-corrected chi connectivity index (χ3v) is 4.11. The third-order valence-electron chi connectivity index (χ3n) is 4.11. The molecule has 0 heterocycles. The first-order valence-corrected chi connectivity index (χ1v) is 6.88. The number of fused-ring (bicyclic) bond motifs is 1. The Hall–Kier alpha value is -1.84. The monoisotopic (exact) mass is 269 g/mol. The minimum atomic E-state index is -0.845. The van der Waals surface area contributed by atoms with Crippen LogP contribution in [0.3, 0.4) is 0 Å². The van der Waals surface area contributed by atoms with Crippen molar-refractivity contribution in [2.75, 3.05) is 6.54 Å². The molecular formula is C17H19NO2. The number of aliphatic hydroxyl groups is 1. The first-order valence-electron chi connectivity index (χ1n) is 6.88. The third kappa shape index (κ3) is 1.90. The number of benzene rings is 2. The maximum atomic E-state index is 10.5. The van der Waals surface area contributed by atoms with Crippen LogP contribution in [-0.4, -0.2) is 17.8 Å². The van der Waals surface area contributed by atoms with Crippen LogP contribution in [0, 0.1) is 6.92 Å². The average molecular weight is 269 g/mol. The van der Waals surface area contributed by atoms with Gasteiger partial charge in [-0.3, -0.25) is 0 Å². The summed E-state index contributed by atoms with van der Waals surface area (Å²) in [6.07, 6.45) is -0.0382. The van der Waals surface area contributed by atoms with E-state index in [4.69, 9.17) is 10.5 Å². The predicted octanol–water partition coefficient (Wildman–Crippen LogP) is 2.15. The second-order valence-corrected chi connectivity index (χ2v) is 5.34. The van der Waals surface area contributed by atoms with Crippen molar-refractivity contribution in [1.29, 1.82) is 0 Å². The molecule has 0 bridgehead atoms. The van der Waals surface area contributed by atoms with Gasteiger partial charge in [0.05, 0.1) is 0 Å². The van der Waals surface area contributed by atoms with Crippen molar-refractivity contribution in [3.8, 4) is 5.75 Å². The van der Waals surface area contributed by atoms with Crippen LogP contribution >= 0.6 is 0 Å². The lowest BCUT2D eigenvalue weighted by atomic mass is 9.93. The molecule has 1 aliphatic carbocycles. The van der Waals surface area contributed by atoms with Gasteiger partial charge >= 0.3 is 0 Å². The molecule has 0 saturated carbocycles.